The molecule has 2 spiro atoms. The molecule has 2 fully saturated rings. The largest absolute Gasteiger partial charge is 0.550 e. The van der Waals surface area contributed by atoms with Crippen LogP contribution in [-0.2, 0) is 34.4 Å². The molecule has 4 atom stereocenters. The monoisotopic (exact) mass is 844 g/mol. The molecule has 0 aliphatic carbocycles. The summed E-state index contributed by atoms with van der Waals surface area (Å²) in [5.41, 5.74) is 3.21. The van der Waals surface area contributed by atoms with Crippen molar-refractivity contribution in [3.05, 3.63) is 200 Å². The number of hydrogen-bond acceptors (Lipinski definition) is 8. The molecule has 0 N–H and O–H groups in total. The summed E-state index contributed by atoms with van der Waals surface area (Å²) in [6, 6.07) is 33.2. The van der Waals surface area contributed by atoms with Gasteiger partial charge in [0.15, 0.2) is 30.5 Å². The SMILES string of the molecule is O=C1CC(c2ccccc2[N+](=O)[O-])N2C(=O)c3cccc[n+]3C23N1CCc1cccc[n+]13.O=C1CC(c2ccccc2[N+](=O)[O-])N2C(=O)c3cccc[n+]3C23N1Cc1cccc[n+]13. The molecule has 63 heavy (non-hydrogen) atoms. The van der Waals surface area contributed by atoms with E-state index >= 15 is 0 Å². The van der Waals surface area contributed by atoms with Crippen LogP contribution in [0.4, 0.5) is 11.4 Å². The van der Waals surface area contributed by atoms with Crippen LogP contribution in [0.3, 0.4) is 0 Å². The number of nitro benzene ring substituents is 2. The van der Waals surface area contributed by atoms with Crippen molar-refractivity contribution in [3.63, 3.8) is 0 Å². The van der Waals surface area contributed by atoms with Gasteiger partial charge in [-0.2, -0.15) is 19.6 Å². The molecule has 0 radical (unpaired) electrons. The normalized spacial score (nSPS) is 23.3. The summed E-state index contributed by atoms with van der Waals surface area (Å²) in [4.78, 5) is 83.9. The zero-order valence-corrected chi connectivity index (χ0v) is 33.3. The Kier molecular flexibility index (Phi) is 8.15. The summed E-state index contributed by atoms with van der Waals surface area (Å²) in [6.45, 7) is 0.784. The molecule has 12 rings (SSSR count). The van der Waals surface area contributed by atoms with Gasteiger partial charge in [-0.3, -0.25) is 39.4 Å². The molecular formula is C45H36N10O8+4. The average molecular weight is 845 g/mol. The zero-order chi connectivity index (χ0) is 43.4. The molecule has 4 amide bonds. The van der Waals surface area contributed by atoms with E-state index in [2.05, 4.69) is 0 Å². The van der Waals surface area contributed by atoms with Crippen molar-refractivity contribution >= 4 is 35.0 Å². The van der Waals surface area contributed by atoms with Crippen LogP contribution in [0.5, 0.6) is 0 Å². The van der Waals surface area contributed by atoms with Crippen LogP contribution in [0, 0.1) is 20.2 Å². The van der Waals surface area contributed by atoms with Gasteiger partial charge in [0.05, 0.1) is 52.3 Å². The number of aromatic nitrogens is 4. The third-order valence-electron chi connectivity index (χ3n) is 13.0. The van der Waals surface area contributed by atoms with Crippen LogP contribution in [-0.4, -0.2) is 59.6 Å². The molecule has 6 aromatic rings. The number of amides is 4. The molecule has 18 nitrogen and oxygen atoms in total. The molecule has 6 aliphatic heterocycles. The second-order valence-electron chi connectivity index (χ2n) is 15.9. The Hall–Kier alpha value is -8.28. The maximum Gasteiger partial charge on any atom is 0.550 e. The molecular weight excluding hydrogens is 809 g/mol. The van der Waals surface area contributed by atoms with E-state index in [1.807, 2.05) is 74.6 Å². The number of nitrogens with zero attached hydrogens (tertiary/aromatic N) is 10. The maximum absolute atomic E-state index is 13.8. The maximum atomic E-state index is 13.8. The van der Waals surface area contributed by atoms with Crippen molar-refractivity contribution in [2.45, 2.75) is 49.7 Å². The van der Waals surface area contributed by atoms with Gasteiger partial charge in [0.25, 0.3) is 22.8 Å². The van der Waals surface area contributed by atoms with Gasteiger partial charge >= 0.3 is 23.6 Å². The third kappa shape index (κ3) is 4.93. The molecule has 4 aromatic heterocycles. The number of carbonyl (C=O) groups is 4. The molecule has 18 heteroatoms. The first-order valence-electron chi connectivity index (χ1n) is 20.4. The van der Waals surface area contributed by atoms with Crippen LogP contribution in [0.2, 0.25) is 0 Å². The van der Waals surface area contributed by atoms with E-state index in [-0.39, 0.29) is 47.8 Å². The average Bonchev–Trinajstić information content (AvgIpc) is 3.90. The van der Waals surface area contributed by atoms with E-state index in [0.29, 0.717) is 42.0 Å². The fourth-order valence-corrected chi connectivity index (χ4v) is 10.6. The fourth-order valence-electron chi connectivity index (χ4n) is 10.6. The molecule has 0 bridgehead atoms. The molecule has 4 unspecified atom stereocenters. The highest BCUT2D eigenvalue weighted by atomic mass is 16.6. The summed E-state index contributed by atoms with van der Waals surface area (Å²) >= 11 is 0. The lowest BCUT2D eigenvalue weighted by molar-refractivity contribution is -1.04. The van der Waals surface area contributed by atoms with Gasteiger partial charge in [-0.1, -0.05) is 66.8 Å². The number of para-hydroxylation sites is 2. The lowest BCUT2D eigenvalue weighted by Gasteiger charge is -2.45. The van der Waals surface area contributed by atoms with Crippen LogP contribution in [0.15, 0.2) is 146 Å². The van der Waals surface area contributed by atoms with Crippen LogP contribution < -0.4 is 18.3 Å². The van der Waals surface area contributed by atoms with Crippen molar-refractivity contribution in [2.24, 2.45) is 0 Å². The van der Waals surface area contributed by atoms with E-state index < -0.39 is 33.8 Å². The predicted molar refractivity (Wildman–Crippen MR) is 213 cm³/mol. The molecule has 10 heterocycles. The Morgan fingerprint density at radius 3 is 1.44 bits per heavy atom. The van der Waals surface area contributed by atoms with E-state index in [4.69, 9.17) is 0 Å². The zero-order valence-electron chi connectivity index (χ0n) is 33.3. The number of fused-ring (bicyclic) bond motifs is 4. The number of hydrogen-bond donors (Lipinski definition) is 0. The first-order valence-corrected chi connectivity index (χ1v) is 20.4. The van der Waals surface area contributed by atoms with Crippen LogP contribution in [0.25, 0.3) is 0 Å². The van der Waals surface area contributed by atoms with Gasteiger partial charge < -0.3 is 0 Å². The first-order chi connectivity index (χ1) is 30.6. The number of benzene rings is 2. The Morgan fingerprint density at radius 1 is 0.508 bits per heavy atom. The Bertz CT molecular complexity index is 3040. The predicted octanol–water partition coefficient (Wildman–Crippen LogP) is 2.50. The van der Waals surface area contributed by atoms with E-state index in [9.17, 15) is 39.4 Å². The summed E-state index contributed by atoms with van der Waals surface area (Å²) in [5.74, 6) is -3.38. The molecule has 310 valence electrons. The lowest BCUT2D eigenvalue weighted by Crippen LogP contribution is -2.89. The van der Waals surface area contributed by atoms with Crippen LogP contribution in [0.1, 0.15) is 68.4 Å². The van der Waals surface area contributed by atoms with Gasteiger partial charge in [0, 0.05) is 67.2 Å². The van der Waals surface area contributed by atoms with Crippen molar-refractivity contribution in [3.8, 4) is 0 Å². The second-order valence-corrected chi connectivity index (χ2v) is 15.9. The third-order valence-corrected chi connectivity index (χ3v) is 13.0. The standard InChI is InChI=1S/C23H19N5O4.C22H17N5O4/c29-21-15-20(17-8-1-2-9-18(17)28(31)32)27-22(30)19-10-4-6-13-25(19)23(27)24-12-5-3-7-16(24)11-14-26(21)23;28-20-13-19(16-8-1-2-9-17(16)27(30)31)26-21(29)18-10-4-6-12-24(18)22(26)23-11-5-3-7-15(23)14-25(20)22/h1-10,12-13,20H,11,14-15H2;1-12,19H,13-14H2/q2*+2. The van der Waals surface area contributed by atoms with Gasteiger partial charge in [-0.25, -0.2) is 0 Å². The summed E-state index contributed by atoms with van der Waals surface area (Å²) in [7, 11) is 0. The number of rotatable bonds is 4. The van der Waals surface area contributed by atoms with Crippen LogP contribution >= 0.6 is 0 Å². The number of carbonyl (C=O) groups excluding carboxylic acids is 4. The number of nitro groups is 2. The van der Waals surface area contributed by atoms with Gasteiger partial charge in [-0.05, 0) is 12.1 Å². The van der Waals surface area contributed by atoms with Crippen molar-refractivity contribution in [1.82, 2.24) is 19.6 Å². The Balaban J connectivity index is 0.000000141. The molecule has 6 aliphatic rings. The van der Waals surface area contributed by atoms with Crippen molar-refractivity contribution < 1.29 is 47.3 Å². The minimum atomic E-state index is -1.27. The van der Waals surface area contributed by atoms with Gasteiger partial charge in [0.2, 0.25) is 17.5 Å². The van der Waals surface area contributed by atoms with Gasteiger partial charge in [0.1, 0.15) is 6.54 Å². The quantitative estimate of drug-likeness (QED) is 0.147. The lowest BCUT2D eigenvalue weighted by atomic mass is 9.94. The minimum absolute atomic E-state index is 0.0182. The van der Waals surface area contributed by atoms with E-state index in [1.165, 1.54) is 12.1 Å². The Labute approximate surface area is 357 Å². The highest BCUT2D eigenvalue weighted by molar-refractivity contribution is 5.95. The van der Waals surface area contributed by atoms with Crippen molar-refractivity contribution in [2.75, 3.05) is 6.54 Å². The second kappa shape index (κ2) is 13.6. The molecule has 2 saturated heterocycles. The first kappa shape index (κ1) is 37.7. The Morgan fingerprint density at radius 2 is 0.921 bits per heavy atom. The summed E-state index contributed by atoms with van der Waals surface area (Å²) in [5, 5.41) is 23.6. The van der Waals surface area contributed by atoms with Crippen molar-refractivity contribution in [1.29, 1.82) is 0 Å². The van der Waals surface area contributed by atoms with Gasteiger partial charge in [-0.15, -0.1) is 0 Å². The molecule has 0 saturated carbocycles. The minimum Gasteiger partial charge on any atom is -0.274 e. The number of pyridine rings is 4. The molecule has 2 aromatic carbocycles. The van der Waals surface area contributed by atoms with E-state index in [0.717, 1.165) is 11.4 Å². The topological polar surface area (TPSA) is 183 Å². The summed E-state index contributed by atoms with van der Waals surface area (Å²) < 4.78 is 7.48. The fraction of sp³-hybridized carbons (Fsp3) is 0.200. The summed E-state index contributed by atoms with van der Waals surface area (Å²) in [6.07, 6.45) is 7.90. The highest BCUT2D eigenvalue weighted by Crippen LogP contribution is 2.47. The highest BCUT2D eigenvalue weighted by Gasteiger charge is 2.79. The van der Waals surface area contributed by atoms with E-state index in [1.54, 1.807) is 97.2 Å². The smallest absolute Gasteiger partial charge is 0.274 e.